The third-order valence-electron chi connectivity index (χ3n) is 5.59. The summed E-state index contributed by atoms with van der Waals surface area (Å²) in [7, 11) is 0. The minimum Gasteiger partial charge on any atom is -0.354 e. The van der Waals surface area contributed by atoms with Crippen molar-refractivity contribution in [2.75, 3.05) is 12.3 Å². The zero-order chi connectivity index (χ0) is 25.9. The summed E-state index contributed by atoms with van der Waals surface area (Å²) < 4.78 is 0. The first kappa shape index (κ1) is 28.4. The number of rotatable bonds is 12. The van der Waals surface area contributed by atoms with Gasteiger partial charge in [-0.2, -0.15) is 0 Å². The zero-order valence-electron chi connectivity index (χ0n) is 20.1. The Labute approximate surface area is 232 Å². The predicted octanol–water partition coefficient (Wildman–Crippen LogP) is 7.05. The number of carbonyl (C=O) groups excluding carboxylic acids is 2. The topological polar surface area (TPSA) is 49.4 Å². The van der Waals surface area contributed by atoms with E-state index in [1.165, 1.54) is 11.8 Å². The molecule has 3 aromatic rings. The van der Waals surface area contributed by atoms with Crippen molar-refractivity contribution in [1.82, 2.24) is 10.2 Å². The van der Waals surface area contributed by atoms with Gasteiger partial charge in [0, 0.05) is 45.9 Å². The molecule has 0 aliphatic heterocycles. The molecule has 0 bridgehead atoms. The summed E-state index contributed by atoms with van der Waals surface area (Å²) in [6.45, 7) is 2.65. The van der Waals surface area contributed by atoms with E-state index in [0.717, 1.165) is 17.5 Å². The van der Waals surface area contributed by atoms with Crippen molar-refractivity contribution in [3.63, 3.8) is 0 Å². The standard InChI is InChI=1S/C28H29Cl3N2O2S/c1-2-14-32-28(35)26(16-20-8-4-3-5-9-20)33(17-23-24(30)12-7-13-25(23)31)27(34)19-36-18-21-10-6-11-22(29)15-21/h3-13,15,26H,2,14,16-19H2,1H3,(H,32,35). The van der Waals surface area contributed by atoms with Gasteiger partial charge in [-0.05, 0) is 41.8 Å². The Kier molecular flexibility index (Phi) is 11.5. The maximum atomic E-state index is 13.7. The molecule has 0 aliphatic rings. The van der Waals surface area contributed by atoms with Gasteiger partial charge in [-0.25, -0.2) is 0 Å². The van der Waals surface area contributed by atoms with Crippen LogP contribution in [0.25, 0.3) is 0 Å². The van der Waals surface area contributed by atoms with Gasteiger partial charge in [0.25, 0.3) is 0 Å². The number of halogens is 3. The molecule has 1 N–H and O–H groups in total. The van der Waals surface area contributed by atoms with E-state index >= 15 is 0 Å². The van der Waals surface area contributed by atoms with Crippen LogP contribution in [0.2, 0.25) is 15.1 Å². The lowest BCUT2D eigenvalue weighted by Gasteiger charge is -2.32. The molecular weight excluding hydrogens is 535 g/mol. The number of amides is 2. The van der Waals surface area contributed by atoms with Crippen molar-refractivity contribution in [2.24, 2.45) is 0 Å². The summed E-state index contributed by atoms with van der Waals surface area (Å²) in [5, 5.41) is 4.54. The second-order valence-electron chi connectivity index (χ2n) is 8.34. The van der Waals surface area contributed by atoms with Gasteiger partial charge in [0.1, 0.15) is 6.04 Å². The van der Waals surface area contributed by atoms with Crippen LogP contribution in [0.3, 0.4) is 0 Å². The first-order valence-electron chi connectivity index (χ1n) is 11.7. The van der Waals surface area contributed by atoms with E-state index in [4.69, 9.17) is 34.8 Å². The Balaban J connectivity index is 1.88. The Bertz CT molecular complexity index is 1140. The summed E-state index contributed by atoms with van der Waals surface area (Å²) in [5.41, 5.74) is 2.61. The number of nitrogens with one attached hydrogen (secondary N) is 1. The number of benzene rings is 3. The van der Waals surface area contributed by atoms with Gasteiger partial charge < -0.3 is 10.2 Å². The highest BCUT2D eigenvalue weighted by Gasteiger charge is 2.31. The van der Waals surface area contributed by atoms with Gasteiger partial charge in [0.05, 0.1) is 5.75 Å². The Morgan fingerprint density at radius 1 is 0.917 bits per heavy atom. The van der Waals surface area contributed by atoms with Gasteiger partial charge in [-0.15, -0.1) is 11.8 Å². The fourth-order valence-electron chi connectivity index (χ4n) is 3.74. The summed E-state index contributed by atoms with van der Waals surface area (Å²) in [4.78, 5) is 28.6. The van der Waals surface area contributed by atoms with Crippen LogP contribution in [-0.4, -0.2) is 35.1 Å². The van der Waals surface area contributed by atoms with Crippen LogP contribution in [-0.2, 0) is 28.3 Å². The molecule has 0 aromatic heterocycles. The van der Waals surface area contributed by atoms with Gasteiger partial charge in [0.2, 0.25) is 11.8 Å². The molecule has 190 valence electrons. The highest BCUT2D eigenvalue weighted by molar-refractivity contribution is 7.99. The molecule has 0 spiro atoms. The minimum atomic E-state index is -0.717. The minimum absolute atomic E-state index is 0.131. The monoisotopic (exact) mass is 562 g/mol. The van der Waals surface area contributed by atoms with Gasteiger partial charge in [0.15, 0.2) is 0 Å². The number of hydrogen-bond acceptors (Lipinski definition) is 3. The van der Waals surface area contributed by atoms with Gasteiger partial charge >= 0.3 is 0 Å². The molecule has 2 amide bonds. The summed E-state index contributed by atoms with van der Waals surface area (Å²) in [6, 6.07) is 21.8. The lowest BCUT2D eigenvalue weighted by molar-refractivity contribution is -0.139. The number of thioether (sulfide) groups is 1. The van der Waals surface area contributed by atoms with E-state index in [2.05, 4.69) is 5.32 Å². The van der Waals surface area contributed by atoms with E-state index < -0.39 is 6.04 Å². The van der Waals surface area contributed by atoms with E-state index in [1.807, 2.05) is 61.5 Å². The molecule has 0 saturated heterocycles. The van der Waals surface area contributed by atoms with Crippen LogP contribution in [0.4, 0.5) is 0 Å². The molecule has 0 fully saturated rings. The van der Waals surface area contributed by atoms with Crippen molar-refractivity contribution in [1.29, 1.82) is 0 Å². The van der Waals surface area contributed by atoms with E-state index in [-0.39, 0.29) is 24.1 Å². The molecule has 3 aromatic carbocycles. The molecule has 0 heterocycles. The largest absolute Gasteiger partial charge is 0.354 e. The summed E-state index contributed by atoms with van der Waals surface area (Å²) in [6.07, 6.45) is 1.17. The molecule has 36 heavy (non-hydrogen) atoms. The normalized spacial score (nSPS) is 11.7. The second kappa shape index (κ2) is 14.5. The number of carbonyl (C=O) groups is 2. The second-order valence-corrected chi connectivity index (χ2v) is 10.6. The van der Waals surface area contributed by atoms with Gasteiger partial charge in [-0.3, -0.25) is 9.59 Å². The first-order chi connectivity index (χ1) is 17.4. The van der Waals surface area contributed by atoms with Crippen LogP contribution in [0.5, 0.6) is 0 Å². The molecule has 8 heteroatoms. The maximum Gasteiger partial charge on any atom is 0.243 e. The summed E-state index contributed by atoms with van der Waals surface area (Å²) in [5.74, 6) is 0.460. The van der Waals surface area contributed by atoms with E-state index in [1.54, 1.807) is 23.1 Å². The zero-order valence-corrected chi connectivity index (χ0v) is 23.1. The Morgan fingerprint density at radius 2 is 1.58 bits per heavy atom. The Hall–Kier alpha value is -2.18. The fraction of sp³-hybridized carbons (Fsp3) is 0.286. The van der Waals surface area contributed by atoms with Crippen LogP contribution in [0, 0.1) is 0 Å². The van der Waals surface area contributed by atoms with E-state index in [0.29, 0.717) is 39.3 Å². The van der Waals surface area contributed by atoms with Gasteiger partial charge in [-0.1, -0.05) is 90.3 Å². The highest BCUT2D eigenvalue weighted by atomic mass is 35.5. The van der Waals surface area contributed by atoms with Crippen LogP contribution >= 0.6 is 46.6 Å². The maximum absolute atomic E-state index is 13.7. The SMILES string of the molecule is CCCNC(=O)C(Cc1ccccc1)N(Cc1c(Cl)cccc1Cl)C(=O)CSCc1cccc(Cl)c1. The van der Waals surface area contributed by atoms with Crippen molar-refractivity contribution in [3.8, 4) is 0 Å². The lowest BCUT2D eigenvalue weighted by atomic mass is 10.0. The van der Waals surface area contributed by atoms with Crippen molar-refractivity contribution >= 4 is 58.4 Å². The van der Waals surface area contributed by atoms with Crippen molar-refractivity contribution < 1.29 is 9.59 Å². The fourth-order valence-corrected chi connectivity index (χ4v) is 5.33. The third-order valence-corrected chi connectivity index (χ3v) is 7.53. The molecule has 0 saturated carbocycles. The summed E-state index contributed by atoms with van der Waals surface area (Å²) >= 11 is 20.5. The Morgan fingerprint density at radius 3 is 2.25 bits per heavy atom. The van der Waals surface area contributed by atoms with Crippen LogP contribution in [0.1, 0.15) is 30.0 Å². The average Bonchev–Trinajstić information content (AvgIpc) is 2.86. The molecule has 0 radical (unpaired) electrons. The third kappa shape index (κ3) is 8.45. The lowest BCUT2D eigenvalue weighted by Crippen LogP contribution is -2.51. The smallest absolute Gasteiger partial charge is 0.243 e. The molecule has 1 unspecified atom stereocenters. The predicted molar refractivity (Wildman–Crippen MR) is 152 cm³/mol. The van der Waals surface area contributed by atoms with Crippen molar-refractivity contribution in [2.45, 2.75) is 38.1 Å². The molecule has 1 atom stereocenters. The molecule has 0 aliphatic carbocycles. The number of hydrogen-bond donors (Lipinski definition) is 1. The average molecular weight is 564 g/mol. The first-order valence-corrected chi connectivity index (χ1v) is 14.0. The molecular formula is C28H29Cl3N2O2S. The highest BCUT2D eigenvalue weighted by Crippen LogP contribution is 2.28. The van der Waals surface area contributed by atoms with Crippen LogP contribution in [0.15, 0.2) is 72.8 Å². The van der Waals surface area contributed by atoms with Crippen molar-refractivity contribution in [3.05, 3.63) is 105 Å². The molecule has 3 rings (SSSR count). The number of nitrogens with zero attached hydrogens (tertiary/aromatic N) is 1. The van der Waals surface area contributed by atoms with Crippen LogP contribution < -0.4 is 5.32 Å². The van der Waals surface area contributed by atoms with E-state index in [9.17, 15) is 9.59 Å². The quantitative estimate of drug-likeness (QED) is 0.257. The molecule has 4 nitrogen and oxygen atoms in total.